The number of benzene rings is 2. The van der Waals surface area contributed by atoms with Crippen molar-refractivity contribution < 1.29 is 31.1 Å². The van der Waals surface area contributed by atoms with Gasteiger partial charge in [-0.25, -0.2) is 8.42 Å². The molecule has 3 rings (SSSR count). The third kappa shape index (κ3) is 6.75. The molecule has 1 aliphatic rings. The van der Waals surface area contributed by atoms with Crippen molar-refractivity contribution in [2.45, 2.75) is 12.7 Å². The van der Waals surface area contributed by atoms with Gasteiger partial charge < -0.3 is 15.0 Å². The fourth-order valence-corrected chi connectivity index (χ4v) is 4.42. The summed E-state index contributed by atoms with van der Waals surface area (Å²) in [7, 11) is -4.09. The smallest absolute Gasteiger partial charge is 0.378 e. The Hall–Kier alpha value is -2.50. The molecule has 0 radical (unpaired) electrons. The molecule has 2 aromatic rings. The first-order valence-corrected chi connectivity index (χ1v) is 12.2. The number of nitrogens with zero attached hydrogens (tertiary/aromatic N) is 2. The van der Waals surface area contributed by atoms with Gasteiger partial charge in [0.05, 0.1) is 35.7 Å². The summed E-state index contributed by atoms with van der Waals surface area (Å²) in [5, 5.41) is 2.37. The van der Waals surface area contributed by atoms with Gasteiger partial charge in [-0.15, -0.1) is 0 Å². The average Bonchev–Trinajstić information content (AvgIpc) is 2.76. The summed E-state index contributed by atoms with van der Waals surface area (Å²) in [6.45, 7) is 2.29. The lowest BCUT2D eigenvalue weighted by Gasteiger charge is -2.29. The highest BCUT2D eigenvalue weighted by Gasteiger charge is 2.33. The highest BCUT2D eigenvalue weighted by atomic mass is 35.5. The molecule has 1 saturated heterocycles. The van der Waals surface area contributed by atoms with Crippen molar-refractivity contribution in [1.29, 1.82) is 0 Å². The summed E-state index contributed by atoms with van der Waals surface area (Å²) in [5.74, 6) is -0.689. The van der Waals surface area contributed by atoms with Gasteiger partial charge in [0.15, 0.2) is 0 Å². The molecule has 1 fully saturated rings. The number of alkyl halides is 3. The van der Waals surface area contributed by atoms with Crippen LogP contribution in [0.2, 0.25) is 5.02 Å². The number of ether oxygens (including phenoxy) is 1. The van der Waals surface area contributed by atoms with Crippen LogP contribution in [0.5, 0.6) is 0 Å². The van der Waals surface area contributed by atoms with Crippen LogP contribution in [-0.4, -0.2) is 53.4 Å². The summed E-state index contributed by atoms with van der Waals surface area (Å²) >= 11 is 5.97. The molecule has 0 aromatic heterocycles. The van der Waals surface area contributed by atoms with Gasteiger partial charge in [0.25, 0.3) is 0 Å². The quantitative estimate of drug-likeness (QED) is 0.625. The largest absolute Gasteiger partial charge is 0.416 e. The Morgan fingerprint density at radius 2 is 1.79 bits per heavy atom. The maximum absolute atomic E-state index is 13.1. The van der Waals surface area contributed by atoms with E-state index in [9.17, 15) is 26.4 Å². The maximum Gasteiger partial charge on any atom is 0.416 e. The molecule has 1 aliphatic heterocycles. The topological polar surface area (TPSA) is 79.0 Å². The van der Waals surface area contributed by atoms with E-state index in [2.05, 4.69) is 10.2 Å². The highest BCUT2D eigenvalue weighted by Crippen LogP contribution is 2.36. The molecule has 7 nitrogen and oxygen atoms in total. The number of rotatable bonds is 7. The van der Waals surface area contributed by atoms with E-state index < -0.39 is 39.9 Å². The third-order valence-electron chi connectivity index (χ3n) is 5.03. The Morgan fingerprint density at radius 3 is 2.36 bits per heavy atom. The van der Waals surface area contributed by atoms with Gasteiger partial charge in [-0.05, 0) is 35.9 Å². The van der Waals surface area contributed by atoms with Crippen molar-refractivity contribution in [3.05, 3.63) is 58.6 Å². The number of hydrogen-bond donors (Lipinski definition) is 1. The molecule has 0 spiro atoms. The second-order valence-corrected chi connectivity index (χ2v) is 9.79. The van der Waals surface area contributed by atoms with Crippen LogP contribution in [0.1, 0.15) is 11.1 Å². The van der Waals surface area contributed by atoms with Crippen molar-refractivity contribution in [3.63, 3.8) is 0 Å². The zero-order chi connectivity index (χ0) is 24.2. The molecular weight excluding hydrogens is 483 g/mol. The van der Waals surface area contributed by atoms with Crippen molar-refractivity contribution >= 4 is 38.9 Å². The second-order valence-electron chi connectivity index (χ2n) is 7.48. The molecule has 2 aromatic carbocycles. The minimum absolute atomic E-state index is 0.121. The van der Waals surface area contributed by atoms with Gasteiger partial charge >= 0.3 is 6.18 Å². The number of nitrogens with one attached hydrogen (secondary N) is 1. The number of sulfonamides is 1. The summed E-state index contributed by atoms with van der Waals surface area (Å²) < 4.78 is 69.6. The summed E-state index contributed by atoms with van der Waals surface area (Å²) in [6, 6.07) is 9.81. The predicted molar refractivity (Wildman–Crippen MR) is 120 cm³/mol. The van der Waals surface area contributed by atoms with E-state index in [1.54, 1.807) is 0 Å². The first kappa shape index (κ1) is 25.1. The number of anilines is 2. The van der Waals surface area contributed by atoms with Crippen LogP contribution in [0.15, 0.2) is 42.5 Å². The van der Waals surface area contributed by atoms with E-state index in [0.717, 1.165) is 42.7 Å². The molecular formula is C21H23ClF3N3O4S. The molecule has 0 atom stereocenters. The number of amides is 1. The SMILES string of the molecule is CS(=O)(=O)N(CC(=O)NCc1ccc(N2CCOCC2)cc1)c1cc(C(F)(F)F)ccc1Cl. The Bertz CT molecular complexity index is 1090. The van der Waals surface area contributed by atoms with Crippen molar-refractivity contribution in [2.24, 2.45) is 0 Å². The van der Waals surface area contributed by atoms with E-state index in [-0.39, 0.29) is 11.6 Å². The summed E-state index contributed by atoms with van der Waals surface area (Å²) in [5.41, 5.74) is 0.314. The van der Waals surface area contributed by atoms with Gasteiger partial charge in [0, 0.05) is 25.3 Å². The second kappa shape index (κ2) is 10.2. The first-order chi connectivity index (χ1) is 15.4. The van der Waals surface area contributed by atoms with Gasteiger partial charge in [0.2, 0.25) is 15.9 Å². The van der Waals surface area contributed by atoms with E-state index in [0.29, 0.717) is 23.6 Å². The fourth-order valence-electron chi connectivity index (χ4n) is 3.29. The van der Waals surface area contributed by atoms with E-state index >= 15 is 0 Å². The number of halogens is 4. The molecule has 0 bridgehead atoms. The van der Waals surface area contributed by atoms with Crippen LogP contribution >= 0.6 is 11.6 Å². The van der Waals surface area contributed by atoms with Crippen molar-refractivity contribution in [3.8, 4) is 0 Å². The van der Waals surface area contributed by atoms with Gasteiger partial charge in [0.1, 0.15) is 6.54 Å². The van der Waals surface area contributed by atoms with Crippen LogP contribution < -0.4 is 14.5 Å². The standard InChI is InChI=1S/C21H23ClF3N3O4S/c1-33(30,31)28(19-12-16(21(23,24)25)4-7-18(19)22)14-20(29)26-13-15-2-5-17(6-3-15)27-8-10-32-11-9-27/h2-7,12H,8-11,13-14H2,1H3,(H,26,29). The molecule has 0 unspecified atom stereocenters. The first-order valence-electron chi connectivity index (χ1n) is 9.98. The van der Waals surface area contributed by atoms with Gasteiger partial charge in [-0.1, -0.05) is 23.7 Å². The number of morpholine rings is 1. The van der Waals surface area contributed by atoms with Gasteiger partial charge in [-0.2, -0.15) is 13.2 Å². The lowest BCUT2D eigenvalue weighted by molar-refractivity contribution is -0.137. The number of carbonyl (C=O) groups is 1. The lowest BCUT2D eigenvalue weighted by Crippen LogP contribution is -2.40. The third-order valence-corrected chi connectivity index (χ3v) is 6.48. The van der Waals surface area contributed by atoms with Crippen LogP contribution in [0, 0.1) is 0 Å². The van der Waals surface area contributed by atoms with Crippen LogP contribution in [-0.2, 0) is 32.3 Å². The fraction of sp³-hybridized carbons (Fsp3) is 0.381. The molecule has 0 saturated carbocycles. The van der Waals surface area contributed by atoms with E-state index in [4.69, 9.17) is 16.3 Å². The predicted octanol–water partition coefficient (Wildman–Crippen LogP) is 3.28. The Kier molecular flexibility index (Phi) is 7.76. The monoisotopic (exact) mass is 505 g/mol. The number of hydrogen-bond acceptors (Lipinski definition) is 5. The zero-order valence-corrected chi connectivity index (χ0v) is 19.3. The minimum Gasteiger partial charge on any atom is -0.378 e. The molecule has 180 valence electrons. The Labute approximate surface area is 195 Å². The maximum atomic E-state index is 13.1. The number of carbonyl (C=O) groups excluding carboxylic acids is 1. The minimum atomic E-state index is -4.70. The van der Waals surface area contributed by atoms with Crippen LogP contribution in [0.25, 0.3) is 0 Å². The molecule has 1 heterocycles. The Morgan fingerprint density at radius 1 is 1.15 bits per heavy atom. The van der Waals surface area contributed by atoms with Crippen molar-refractivity contribution in [1.82, 2.24) is 5.32 Å². The lowest BCUT2D eigenvalue weighted by atomic mass is 10.2. The van der Waals surface area contributed by atoms with E-state index in [1.807, 2.05) is 24.3 Å². The average molecular weight is 506 g/mol. The molecule has 12 heteroatoms. The summed E-state index contributed by atoms with van der Waals surface area (Å²) in [6.07, 6.45) is -3.90. The molecule has 33 heavy (non-hydrogen) atoms. The summed E-state index contributed by atoms with van der Waals surface area (Å²) in [4.78, 5) is 14.6. The Balaban J connectivity index is 1.68. The highest BCUT2D eigenvalue weighted by molar-refractivity contribution is 7.92. The van der Waals surface area contributed by atoms with Crippen molar-refractivity contribution in [2.75, 3.05) is 48.3 Å². The molecule has 1 amide bonds. The van der Waals surface area contributed by atoms with Crippen LogP contribution in [0.3, 0.4) is 0 Å². The van der Waals surface area contributed by atoms with Crippen LogP contribution in [0.4, 0.5) is 24.5 Å². The zero-order valence-electron chi connectivity index (χ0n) is 17.7. The molecule has 0 aliphatic carbocycles. The normalized spacial score (nSPS) is 14.8. The van der Waals surface area contributed by atoms with Gasteiger partial charge in [-0.3, -0.25) is 9.10 Å². The molecule has 1 N–H and O–H groups in total. The van der Waals surface area contributed by atoms with E-state index in [1.165, 1.54) is 0 Å².